The van der Waals surface area contributed by atoms with Crippen LogP contribution < -0.4 is 5.73 Å². The molecule has 0 amide bonds. The van der Waals surface area contributed by atoms with Crippen molar-refractivity contribution in [2.24, 2.45) is 0 Å². The van der Waals surface area contributed by atoms with Crippen molar-refractivity contribution in [3.8, 4) is 0 Å². The van der Waals surface area contributed by atoms with E-state index in [0.717, 1.165) is 23.5 Å². The summed E-state index contributed by atoms with van der Waals surface area (Å²) in [6.45, 7) is 1.89. The third-order valence-electron chi connectivity index (χ3n) is 2.47. The Morgan fingerprint density at radius 3 is 2.47 bits per heavy atom. The van der Waals surface area contributed by atoms with E-state index in [9.17, 15) is 4.39 Å². The van der Waals surface area contributed by atoms with Gasteiger partial charge in [-0.3, -0.25) is 0 Å². The maximum atomic E-state index is 12.7. The van der Waals surface area contributed by atoms with E-state index in [2.05, 4.69) is 9.97 Å². The number of aromatic nitrogens is 2. The van der Waals surface area contributed by atoms with Crippen molar-refractivity contribution in [2.45, 2.75) is 19.8 Å². The van der Waals surface area contributed by atoms with E-state index in [1.54, 1.807) is 18.2 Å². The van der Waals surface area contributed by atoms with E-state index in [0.29, 0.717) is 12.2 Å². The monoisotopic (exact) mass is 231 g/mol. The molecule has 1 aromatic heterocycles. The summed E-state index contributed by atoms with van der Waals surface area (Å²) in [6, 6.07) is 8.20. The van der Waals surface area contributed by atoms with Crippen LogP contribution in [0.5, 0.6) is 0 Å². The zero-order valence-corrected chi connectivity index (χ0v) is 9.65. The molecule has 0 bridgehead atoms. The predicted octanol–water partition coefficient (Wildman–Crippen LogP) is 2.29. The maximum absolute atomic E-state index is 12.7. The molecule has 0 radical (unpaired) electrons. The van der Waals surface area contributed by atoms with Gasteiger partial charge in [-0.15, -0.1) is 0 Å². The van der Waals surface area contributed by atoms with Gasteiger partial charge >= 0.3 is 0 Å². The third-order valence-corrected chi connectivity index (χ3v) is 2.47. The van der Waals surface area contributed by atoms with Crippen molar-refractivity contribution in [3.63, 3.8) is 0 Å². The highest BCUT2D eigenvalue weighted by Gasteiger charge is 2.01. The number of anilines is 1. The first kappa shape index (κ1) is 11.5. The molecule has 88 valence electrons. The molecule has 2 rings (SSSR count). The molecule has 0 saturated carbocycles. The van der Waals surface area contributed by atoms with Gasteiger partial charge in [0.15, 0.2) is 0 Å². The van der Waals surface area contributed by atoms with E-state index in [-0.39, 0.29) is 5.82 Å². The van der Waals surface area contributed by atoms with Gasteiger partial charge in [-0.05, 0) is 31.0 Å². The molecule has 4 heteroatoms. The fourth-order valence-electron chi connectivity index (χ4n) is 1.68. The smallest absolute Gasteiger partial charge is 0.131 e. The van der Waals surface area contributed by atoms with Crippen LogP contribution in [-0.4, -0.2) is 9.97 Å². The Morgan fingerprint density at radius 2 is 1.82 bits per heavy atom. The highest BCUT2D eigenvalue weighted by Crippen LogP contribution is 2.08. The molecule has 17 heavy (non-hydrogen) atoms. The van der Waals surface area contributed by atoms with Crippen LogP contribution in [0.15, 0.2) is 30.3 Å². The Hall–Kier alpha value is -1.97. The summed E-state index contributed by atoms with van der Waals surface area (Å²) >= 11 is 0. The quantitative estimate of drug-likeness (QED) is 0.881. The molecular weight excluding hydrogens is 217 g/mol. The Labute approximate surface area is 99.5 Å². The third kappa shape index (κ3) is 3.24. The van der Waals surface area contributed by atoms with Gasteiger partial charge in [0, 0.05) is 18.2 Å². The second-order valence-corrected chi connectivity index (χ2v) is 3.98. The van der Waals surface area contributed by atoms with Crippen molar-refractivity contribution in [1.82, 2.24) is 9.97 Å². The topological polar surface area (TPSA) is 51.8 Å². The molecule has 3 nitrogen and oxygen atoms in total. The lowest BCUT2D eigenvalue weighted by molar-refractivity contribution is 0.627. The average Bonchev–Trinajstić information content (AvgIpc) is 2.27. The van der Waals surface area contributed by atoms with Crippen molar-refractivity contribution < 1.29 is 4.39 Å². The van der Waals surface area contributed by atoms with Gasteiger partial charge in [0.05, 0.1) is 0 Å². The standard InChI is InChI=1S/C13H14FN3/c1-9-8-12(15)17-13(16-9)7-4-10-2-5-11(14)6-3-10/h2-3,5-6,8H,4,7H2,1H3,(H2,15,16,17). The van der Waals surface area contributed by atoms with Gasteiger partial charge in [-0.1, -0.05) is 12.1 Å². The molecule has 2 N–H and O–H groups in total. The molecule has 0 unspecified atom stereocenters. The minimum Gasteiger partial charge on any atom is -0.384 e. The van der Waals surface area contributed by atoms with E-state index < -0.39 is 0 Å². The highest BCUT2D eigenvalue weighted by atomic mass is 19.1. The van der Waals surface area contributed by atoms with Crippen molar-refractivity contribution in [3.05, 3.63) is 53.2 Å². The number of nitrogens with zero attached hydrogens (tertiary/aromatic N) is 2. The Kier molecular flexibility index (Phi) is 3.32. The van der Waals surface area contributed by atoms with E-state index in [1.807, 2.05) is 6.92 Å². The molecule has 0 aliphatic carbocycles. The second-order valence-electron chi connectivity index (χ2n) is 3.98. The largest absolute Gasteiger partial charge is 0.384 e. The summed E-state index contributed by atoms with van der Waals surface area (Å²) in [5.74, 6) is 1.00. The van der Waals surface area contributed by atoms with Crippen LogP contribution in [-0.2, 0) is 12.8 Å². The zero-order valence-electron chi connectivity index (χ0n) is 9.65. The number of halogens is 1. The Balaban J connectivity index is 2.04. The van der Waals surface area contributed by atoms with E-state index in [1.165, 1.54) is 12.1 Å². The minimum absolute atomic E-state index is 0.218. The second kappa shape index (κ2) is 4.91. The van der Waals surface area contributed by atoms with E-state index in [4.69, 9.17) is 5.73 Å². The Morgan fingerprint density at radius 1 is 1.12 bits per heavy atom. The summed E-state index contributed by atoms with van der Waals surface area (Å²) in [5.41, 5.74) is 7.58. The summed E-state index contributed by atoms with van der Waals surface area (Å²) in [4.78, 5) is 8.46. The molecule has 1 heterocycles. The van der Waals surface area contributed by atoms with Crippen LogP contribution in [0.4, 0.5) is 10.2 Å². The number of rotatable bonds is 3. The fraction of sp³-hybridized carbons (Fsp3) is 0.231. The van der Waals surface area contributed by atoms with Crippen molar-refractivity contribution in [2.75, 3.05) is 5.73 Å². The van der Waals surface area contributed by atoms with Gasteiger partial charge in [-0.2, -0.15) is 0 Å². The van der Waals surface area contributed by atoms with Crippen LogP contribution in [0.2, 0.25) is 0 Å². The lowest BCUT2D eigenvalue weighted by atomic mass is 10.1. The molecular formula is C13H14FN3. The van der Waals surface area contributed by atoms with Gasteiger partial charge in [0.1, 0.15) is 17.5 Å². The molecule has 0 aliphatic heterocycles. The molecule has 0 atom stereocenters. The average molecular weight is 231 g/mol. The van der Waals surface area contributed by atoms with Gasteiger partial charge in [-0.25, -0.2) is 14.4 Å². The molecule has 0 aliphatic rings. The van der Waals surface area contributed by atoms with Crippen LogP contribution in [0.25, 0.3) is 0 Å². The van der Waals surface area contributed by atoms with Crippen LogP contribution >= 0.6 is 0 Å². The molecule has 0 saturated heterocycles. The van der Waals surface area contributed by atoms with Crippen LogP contribution in [0.3, 0.4) is 0 Å². The lowest BCUT2D eigenvalue weighted by Crippen LogP contribution is -2.03. The first-order valence-corrected chi connectivity index (χ1v) is 5.48. The number of nitrogen functional groups attached to an aromatic ring is 1. The number of benzene rings is 1. The number of aryl methyl sites for hydroxylation is 3. The number of hydrogen-bond acceptors (Lipinski definition) is 3. The SMILES string of the molecule is Cc1cc(N)nc(CCc2ccc(F)cc2)n1. The molecule has 2 aromatic rings. The molecule has 0 fully saturated rings. The summed E-state index contributed by atoms with van der Waals surface area (Å²) in [7, 11) is 0. The van der Waals surface area contributed by atoms with E-state index >= 15 is 0 Å². The molecule has 1 aromatic carbocycles. The normalized spacial score (nSPS) is 10.5. The van der Waals surface area contributed by atoms with Crippen molar-refractivity contribution in [1.29, 1.82) is 0 Å². The zero-order chi connectivity index (χ0) is 12.3. The minimum atomic E-state index is -0.218. The van der Waals surface area contributed by atoms with Crippen molar-refractivity contribution >= 4 is 5.82 Å². The van der Waals surface area contributed by atoms with Crippen LogP contribution in [0.1, 0.15) is 17.1 Å². The highest BCUT2D eigenvalue weighted by molar-refractivity contribution is 5.29. The summed E-state index contributed by atoms with van der Waals surface area (Å²) < 4.78 is 12.7. The Bertz CT molecular complexity index is 488. The first-order valence-electron chi connectivity index (χ1n) is 5.48. The fourth-order valence-corrected chi connectivity index (χ4v) is 1.68. The first-order chi connectivity index (χ1) is 8.13. The predicted molar refractivity (Wildman–Crippen MR) is 65.0 cm³/mol. The number of nitrogens with two attached hydrogens (primary N) is 1. The van der Waals surface area contributed by atoms with Gasteiger partial charge in [0.25, 0.3) is 0 Å². The summed E-state index contributed by atoms with van der Waals surface area (Å²) in [6.07, 6.45) is 1.49. The van der Waals surface area contributed by atoms with Gasteiger partial charge in [0.2, 0.25) is 0 Å². The summed E-state index contributed by atoms with van der Waals surface area (Å²) in [5, 5.41) is 0. The number of hydrogen-bond donors (Lipinski definition) is 1. The lowest BCUT2D eigenvalue weighted by Gasteiger charge is -2.03. The maximum Gasteiger partial charge on any atom is 0.131 e. The molecule has 0 spiro atoms. The van der Waals surface area contributed by atoms with Gasteiger partial charge < -0.3 is 5.73 Å². The van der Waals surface area contributed by atoms with Crippen LogP contribution in [0, 0.1) is 12.7 Å².